The van der Waals surface area contributed by atoms with Gasteiger partial charge in [0.1, 0.15) is 6.20 Å². The maximum Gasteiger partial charge on any atom is 0.155 e. The first kappa shape index (κ1) is 8.90. The first-order valence-electron chi connectivity index (χ1n) is 4.16. The van der Waals surface area contributed by atoms with Crippen molar-refractivity contribution in [3.05, 3.63) is 11.8 Å². The van der Waals surface area contributed by atoms with Gasteiger partial charge in [0.25, 0.3) is 0 Å². The molecule has 4 heteroatoms. The second kappa shape index (κ2) is 4.64. The predicted molar refractivity (Wildman–Crippen MR) is 46.8 cm³/mol. The topological polar surface area (TPSA) is 50.7 Å². The Morgan fingerprint density at radius 1 is 1.50 bits per heavy atom. The van der Waals surface area contributed by atoms with Gasteiger partial charge < -0.3 is 5.32 Å². The molecule has 0 aliphatic carbocycles. The average Bonchev–Trinajstić information content (AvgIpc) is 2.09. The molecule has 1 aromatic rings. The number of rotatable bonds is 4. The zero-order valence-electron chi connectivity index (χ0n) is 7.46. The number of hydrogen-bond acceptors (Lipinski definition) is 4. The highest BCUT2D eigenvalue weighted by Crippen LogP contribution is 2.05. The summed E-state index contributed by atoms with van der Waals surface area (Å²) in [5.41, 5.74) is 0.918. The van der Waals surface area contributed by atoms with Crippen molar-refractivity contribution >= 4 is 5.82 Å². The van der Waals surface area contributed by atoms with E-state index < -0.39 is 0 Å². The van der Waals surface area contributed by atoms with Crippen LogP contribution in [0.5, 0.6) is 0 Å². The summed E-state index contributed by atoms with van der Waals surface area (Å²) in [5.74, 6) is 0.790. The van der Waals surface area contributed by atoms with E-state index in [4.69, 9.17) is 0 Å². The fourth-order valence-corrected chi connectivity index (χ4v) is 0.844. The fraction of sp³-hybridized carbons (Fsp3) is 0.625. The van der Waals surface area contributed by atoms with E-state index in [1.54, 1.807) is 0 Å². The summed E-state index contributed by atoms with van der Waals surface area (Å²) < 4.78 is 0. The number of unbranched alkanes of at least 4 members (excludes halogenated alkanes) is 1. The molecule has 0 aromatic carbocycles. The van der Waals surface area contributed by atoms with Gasteiger partial charge in [-0.15, -0.1) is 10.2 Å². The summed E-state index contributed by atoms with van der Waals surface area (Å²) in [5, 5.41) is 14.1. The molecule has 0 saturated carbocycles. The standard InChI is InChI=1S/C8H13N4/c1-3-4-5-9-8-7(2)6-10-12-11-8/h3-5H2,1-2H3,(H,9,10,11). The van der Waals surface area contributed by atoms with Crippen LogP contribution in [-0.4, -0.2) is 22.0 Å². The van der Waals surface area contributed by atoms with Gasteiger partial charge in [0.2, 0.25) is 0 Å². The lowest BCUT2D eigenvalue weighted by molar-refractivity contribution is 0.806. The number of aryl methyl sites for hydroxylation is 1. The van der Waals surface area contributed by atoms with E-state index in [0.29, 0.717) is 0 Å². The van der Waals surface area contributed by atoms with Crippen molar-refractivity contribution in [1.82, 2.24) is 15.4 Å². The minimum atomic E-state index is 0.790. The Morgan fingerprint density at radius 2 is 2.33 bits per heavy atom. The van der Waals surface area contributed by atoms with Gasteiger partial charge in [0, 0.05) is 12.1 Å². The predicted octanol–water partition coefficient (Wildman–Crippen LogP) is 1.19. The number of nitrogens with one attached hydrogen (secondary N) is 1. The van der Waals surface area contributed by atoms with Crippen LogP contribution in [0, 0.1) is 13.1 Å². The molecular formula is C8H13N4. The van der Waals surface area contributed by atoms with Gasteiger partial charge in [-0.05, 0) is 18.6 Å². The Bertz CT molecular complexity index is 236. The normalized spacial score (nSPS) is 9.83. The lowest BCUT2D eigenvalue weighted by Gasteiger charge is -2.04. The van der Waals surface area contributed by atoms with Crippen LogP contribution in [0.1, 0.15) is 25.3 Å². The monoisotopic (exact) mass is 165 g/mol. The SMILES string of the molecule is CCCCNc1nnn[c]c1C. The molecule has 1 aromatic heterocycles. The van der Waals surface area contributed by atoms with E-state index in [0.717, 1.165) is 24.3 Å². The molecule has 0 amide bonds. The van der Waals surface area contributed by atoms with Crippen LogP contribution < -0.4 is 5.32 Å². The third-order valence-electron chi connectivity index (χ3n) is 1.59. The van der Waals surface area contributed by atoms with E-state index in [2.05, 4.69) is 33.8 Å². The first-order valence-corrected chi connectivity index (χ1v) is 4.16. The van der Waals surface area contributed by atoms with Gasteiger partial charge in [-0.25, -0.2) is 0 Å². The van der Waals surface area contributed by atoms with E-state index in [-0.39, 0.29) is 0 Å². The highest BCUT2D eigenvalue weighted by atomic mass is 15.3. The van der Waals surface area contributed by atoms with Gasteiger partial charge in [-0.3, -0.25) is 0 Å². The van der Waals surface area contributed by atoms with Crippen LogP contribution in [0.4, 0.5) is 5.82 Å². The highest BCUT2D eigenvalue weighted by Gasteiger charge is 1.97. The number of nitrogens with zero attached hydrogens (tertiary/aromatic N) is 3. The van der Waals surface area contributed by atoms with Crippen LogP contribution >= 0.6 is 0 Å². The minimum absolute atomic E-state index is 0.790. The molecule has 0 unspecified atom stereocenters. The molecule has 1 N–H and O–H groups in total. The van der Waals surface area contributed by atoms with Gasteiger partial charge >= 0.3 is 0 Å². The quantitative estimate of drug-likeness (QED) is 0.681. The number of aromatic nitrogens is 3. The van der Waals surface area contributed by atoms with Crippen molar-refractivity contribution in [2.24, 2.45) is 0 Å². The first-order chi connectivity index (χ1) is 5.84. The molecule has 0 saturated heterocycles. The summed E-state index contributed by atoms with van der Waals surface area (Å²) in [7, 11) is 0. The highest BCUT2D eigenvalue weighted by molar-refractivity contribution is 5.39. The summed E-state index contributed by atoms with van der Waals surface area (Å²) in [6.07, 6.45) is 5.06. The van der Waals surface area contributed by atoms with Crippen molar-refractivity contribution in [2.75, 3.05) is 11.9 Å². The van der Waals surface area contributed by atoms with Gasteiger partial charge in [-0.2, -0.15) is 0 Å². The van der Waals surface area contributed by atoms with Crippen molar-refractivity contribution < 1.29 is 0 Å². The van der Waals surface area contributed by atoms with Gasteiger partial charge in [0.15, 0.2) is 5.82 Å². The van der Waals surface area contributed by atoms with Gasteiger partial charge in [0.05, 0.1) is 0 Å². The van der Waals surface area contributed by atoms with Crippen molar-refractivity contribution in [2.45, 2.75) is 26.7 Å². The van der Waals surface area contributed by atoms with Crippen molar-refractivity contribution in [1.29, 1.82) is 0 Å². The van der Waals surface area contributed by atoms with E-state index in [1.165, 1.54) is 6.42 Å². The third kappa shape index (κ3) is 2.45. The second-order valence-electron chi connectivity index (χ2n) is 2.66. The molecule has 0 fully saturated rings. The summed E-state index contributed by atoms with van der Waals surface area (Å²) in [6, 6.07) is 0. The zero-order chi connectivity index (χ0) is 8.81. The number of anilines is 1. The lowest BCUT2D eigenvalue weighted by atomic mass is 10.3. The summed E-state index contributed by atoms with van der Waals surface area (Å²) >= 11 is 0. The third-order valence-corrected chi connectivity index (χ3v) is 1.59. The molecule has 0 atom stereocenters. The molecule has 4 nitrogen and oxygen atoms in total. The Hall–Kier alpha value is -1.19. The molecule has 1 rings (SSSR count). The Morgan fingerprint density at radius 3 is 3.00 bits per heavy atom. The van der Waals surface area contributed by atoms with Crippen LogP contribution in [0.25, 0.3) is 0 Å². The van der Waals surface area contributed by atoms with Crippen LogP contribution in [-0.2, 0) is 0 Å². The Labute approximate surface area is 72.4 Å². The van der Waals surface area contributed by atoms with Crippen molar-refractivity contribution in [3.8, 4) is 0 Å². The van der Waals surface area contributed by atoms with Crippen molar-refractivity contribution in [3.63, 3.8) is 0 Å². The Balaban J connectivity index is 2.46. The number of hydrogen-bond donors (Lipinski definition) is 1. The van der Waals surface area contributed by atoms with E-state index in [9.17, 15) is 0 Å². The lowest BCUT2D eigenvalue weighted by Crippen LogP contribution is -2.06. The summed E-state index contributed by atoms with van der Waals surface area (Å²) in [6.45, 7) is 5.00. The van der Waals surface area contributed by atoms with E-state index >= 15 is 0 Å². The molecule has 0 aliphatic heterocycles. The van der Waals surface area contributed by atoms with E-state index in [1.807, 2.05) is 6.92 Å². The van der Waals surface area contributed by atoms with Crippen LogP contribution in [0.2, 0.25) is 0 Å². The molecular weight excluding hydrogens is 152 g/mol. The molecule has 65 valence electrons. The largest absolute Gasteiger partial charge is 0.368 e. The molecule has 0 bridgehead atoms. The maximum atomic E-state index is 3.85. The molecule has 1 heterocycles. The smallest absolute Gasteiger partial charge is 0.155 e. The zero-order valence-corrected chi connectivity index (χ0v) is 7.46. The summed E-state index contributed by atoms with van der Waals surface area (Å²) in [4.78, 5) is 0. The Kier molecular flexibility index (Phi) is 3.44. The molecule has 1 radical (unpaired) electrons. The molecule has 0 spiro atoms. The average molecular weight is 165 g/mol. The van der Waals surface area contributed by atoms with Gasteiger partial charge in [-0.1, -0.05) is 13.3 Å². The van der Waals surface area contributed by atoms with Crippen LogP contribution in [0.3, 0.4) is 0 Å². The van der Waals surface area contributed by atoms with Crippen LogP contribution in [0.15, 0.2) is 0 Å². The maximum absolute atomic E-state index is 3.85. The molecule has 0 aliphatic rings. The molecule has 12 heavy (non-hydrogen) atoms. The second-order valence-corrected chi connectivity index (χ2v) is 2.66. The fourth-order valence-electron chi connectivity index (χ4n) is 0.844. The minimum Gasteiger partial charge on any atom is -0.368 e.